The molecule has 0 aliphatic rings. The van der Waals surface area contributed by atoms with Crippen LogP contribution >= 0.6 is 11.6 Å². The van der Waals surface area contributed by atoms with Crippen molar-refractivity contribution >= 4 is 17.5 Å². The highest BCUT2D eigenvalue weighted by atomic mass is 35.5. The lowest BCUT2D eigenvalue weighted by atomic mass is 9.97. The van der Waals surface area contributed by atoms with Crippen molar-refractivity contribution in [3.63, 3.8) is 0 Å². The van der Waals surface area contributed by atoms with Gasteiger partial charge in [-0.05, 0) is 44.5 Å². The minimum absolute atomic E-state index is 0.156. The summed E-state index contributed by atoms with van der Waals surface area (Å²) in [4.78, 5) is 12.3. The predicted molar refractivity (Wildman–Crippen MR) is 75.3 cm³/mol. The van der Waals surface area contributed by atoms with Crippen LogP contribution in [0.4, 0.5) is 0 Å². The smallest absolute Gasteiger partial charge is 0.252 e. The predicted octanol–water partition coefficient (Wildman–Crippen LogP) is 3.04. The molecule has 0 spiro atoms. The van der Waals surface area contributed by atoms with E-state index >= 15 is 0 Å². The molecule has 0 saturated carbocycles. The number of rotatable bonds is 3. The van der Waals surface area contributed by atoms with E-state index in [1.54, 1.807) is 18.5 Å². The summed E-state index contributed by atoms with van der Waals surface area (Å²) in [6, 6.07) is 5.29. The van der Waals surface area contributed by atoms with E-state index in [0.717, 1.165) is 11.1 Å². The molecule has 0 bridgehead atoms. The number of aromatic nitrogens is 2. The summed E-state index contributed by atoms with van der Waals surface area (Å²) < 4.78 is 0. The molecular weight excluding hydrogens is 262 g/mol. The molecule has 1 amide bonds. The van der Waals surface area contributed by atoms with Crippen LogP contribution in [-0.4, -0.2) is 16.1 Å². The van der Waals surface area contributed by atoms with Gasteiger partial charge in [0.05, 0.1) is 11.7 Å². The van der Waals surface area contributed by atoms with Crippen LogP contribution in [-0.2, 0) is 5.54 Å². The lowest BCUT2D eigenvalue weighted by molar-refractivity contribution is 0.0912. The van der Waals surface area contributed by atoms with Gasteiger partial charge in [0.15, 0.2) is 0 Å². The quantitative estimate of drug-likeness (QED) is 0.906. The topological polar surface area (TPSA) is 57.8 Å². The fourth-order valence-corrected chi connectivity index (χ4v) is 2.18. The molecule has 0 atom stereocenters. The Kier molecular flexibility index (Phi) is 3.62. The first-order valence-corrected chi connectivity index (χ1v) is 6.35. The number of aromatic amines is 1. The third-order valence-corrected chi connectivity index (χ3v) is 3.17. The zero-order valence-electron chi connectivity index (χ0n) is 11.1. The first-order chi connectivity index (χ1) is 8.88. The van der Waals surface area contributed by atoms with E-state index in [1.165, 1.54) is 0 Å². The van der Waals surface area contributed by atoms with Gasteiger partial charge in [0, 0.05) is 22.3 Å². The van der Waals surface area contributed by atoms with Crippen LogP contribution < -0.4 is 5.32 Å². The molecular formula is C14H16ClN3O. The van der Waals surface area contributed by atoms with Crippen molar-refractivity contribution in [1.29, 1.82) is 0 Å². The lowest BCUT2D eigenvalue weighted by Crippen LogP contribution is -2.40. The third-order valence-electron chi connectivity index (χ3n) is 2.95. The number of carbonyl (C=O) groups excluding carboxylic acids is 1. The molecule has 5 heteroatoms. The summed E-state index contributed by atoms with van der Waals surface area (Å²) in [6.45, 7) is 5.75. The van der Waals surface area contributed by atoms with Gasteiger partial charge in [-0.15, -0.1) is 0 Å². The van der Waals surface area contributed by atoms with Crippen molar-refractivity contribution in [2.24, 2.45) is 0 Å². The Bertz CT molecular complexity index is 570. The molecule has 100 valence electrons. The molecule has 19 heavy (non-hydrogen) atoms. The number of hydrogen-bond acceptors (Lipinski definition) is 2. The van der Waals surface area contributed by atoms with E-state index in [-0.39, 0.29) is 5.91 Å². The van der Waals surface area contributed by atoms with E-state index in [2.05, 4.69) is 15.5 Å². The van der Waals surface area contributed by atoms with Crippen LogP contribution in [0.1, 0.15) is 35.3 Å². The largest absolute Gasteiger partial charge is 0.343 e. The van der Waals surface area contributed by atoms with E-state index < -0.39 is 5.54 Å². The minimum atomic E-state index is -0.500. The van der Waals surface area contributed by atoms with E-state index in [4.69, 9.17) is 11.6 Å². The fraction of sp³-hybridized carbons (Fsp3) is 0.286. The zero-order chi connectivity index (χ0) is 14.0. The third kappa shape index (κ3) is 3.15. The molecule has 0 aliphatic heterocycles. The molecule has 0 fully saturated rings. The second kappa shape index (κ2) is 5.05. The SMILES string of the molecule is Cc1cc(Cl)cc(C(=O)NC(C)(C)c2cn[nH]c2)c1. The van der Waals surface area contributed by atoms with Gasteiger partial charge in [-0.25, -0.2) is 0 Å². The summed E-state index contributed by atoms with van der Waals surface area (Å²) in [6.07, 6.45) is 3.47. The Morgan fingerprint density at radius 3 is 2.68 bits per heavy atom. The van der Waals surface area contributed by atoms with Crippen LogP contribution in [0.2, 0.25) is 5.02 Å². The maximum atomic E-state index is 12.3. The van der Waals surface area contributed by atoms with Gasteiger partial charge in [0.1, 0.15) is 0 Å². The van der Waals surface area contributed by atoms with Gasteiger partial charge in [0.2, 0.25) is 0 Å². The lowest BCUT2D eigenvalue weighted by Gasteiger charge is -2.25. The van der Waals surface area contributed by atoms with E-state index in [0.29, 0.717) is 10.6 Å². The minimum Gasteiger partial charge on any atom is -0.343 e. The molecule has 2 rings (SSSR count). The van der Waals surface area contributed by atoms with Gasteiger partial charge < -0.3 is 5.32 Å². The molecule has 4 nitrogen and oxygen atoms in total. The average molecular weight is 278 g/mol. The second-order valence-electron chi connectivity index (χ2n) is 5.08. The highest BCUT2D eigenvalue weighted by Crippen LogP contribution is 2.20. The average Bonchev–Trinajstić information content (AvgIpc) is 2.80. The van der Waals surface area contributed by atoms with Crippen LogP contribution in [0.3, 0.4) is 0 Å². The number of aryl methyl sites for hydroxylation is 1. The first kappa shape index (κ1) is 13.6. The summed E-state index contributed by atoms with van der Waals surface area (Å²) in [5, 5.41) is 10.2. The summed E-state index contributed by atoms with van der Waals surface area (Å²) >= 11 is 5.97. The van der Waals surface area contributed by atoms with Crippen molar-refractivity contribution in [1.82, 2.24) is 15.5 Å². The number of halogens is 1. The Balaban J connectivity index is 2.21. The monoisotopic (exact) mass is 277 g/mol. The van der Waals surface area contributed by atoms with Crippen molar-refractivity contribution < 1.29 is 4.79 Å². The fourth-order valence-electron chi connectivity index (χ4n) is 1.89. The van der Waals surface area contributed by atoms with Crippen molar-refractivity contribution in [3.05, 3.63) is 52.3 Å². The Labute approximate surface area is 117 Å². The molecule has 0 unspecified atom stereocenters. The highest BCUT2D eigenvalue weighted by molar-refractivity contribution is 6.31. The Morgan fingerprint density at radius 1 is 1.37 bits per heavy atom. The second-order valence-corrected chi connectivity index (χ2v) is 5.52. The van der Waals surface area contributed by atoms with Crippen molar-refractivity contribution in [2.45, 2.75) is 26.3 Å². The van der Waals surface area contributed by atoms with Gasteiger partial charge >= 0.3 is 0 Å². The van der Waals surface area contributed by atoms with Gasteiger partial charge in [0.25, 0.3) is 5.91 Å². The van der Waals surface area contributed by atoms with E-state index in [1.807, 2.05) is 32.9 Å². The summed E-state index contributed by atoms with van der Waals surface area (Å²) in [5.41, 5.74) is 1.93. The number of hydrogen-bond donors (Lipinski definition) is 2. The van der Waals surface area contributed by atoms with Gasteiger partial charge in [-0.3, -0.25) is 9.89 Å². The first-order valence-electron chi connectivity index (χ1n) is 5.97. The number of amides is 1. The molecule has 0 saturated heterocycles. The van der Waals surface area contributed by atoms with E-state index in [9.17, 15) is 4.79 Å². The Hall–Kier alpha value is -1.81. The maximum Gasteiger partial charge on any atom is 0.252 e. The van der Waals surface area contributed by atoms with Crippen LogP contribution in [0.5, 0.6) is 0 Å². The van der Waals surface area contributed by atoms with Gasteiger partial charge in [-0.1, -0.05) is 11.6 Å². The summed E-state index contributed by atoms with van der Waals surface area (Å²) in [7, 11) is 0. The van der Waals surface area contributed by atoms with Crippen LogP contribution in [0.25, 0.3) is 0 Å². The number of H-pyrrole nitrogens is 1. The van der Waals surface area contributed by atoms with Crippen LogP contribution in [0, 0.1) is 6.92 Å². The van der Waals surface area contributed by atoms with Crippen LogP contribution in [0.15, 0.2) is 30.6 Å². The number of nitrogens with one attached hydrogen (secondary N) is 2. The normalized spacial score (nSPS) is 11.4. The number of benzene rings is 1. The Morgan fingerprint density at radius 2 is 2.11 bits per heavy atom. The molecule has 0 aliphatic carbocycles. The highest BCUT2D eigenvalue weighted by Gasteiger charge is 2.24. The maximum absolute atomic E-state index is 12.3. The molecule has 1 heterocycles. The number of nitrogens with zero attached hydrogens (tertiary/aromatic N) is 1. The zero-order valence-corrected chi connectivity index (χ0v) is 11.9. The summed E-state index contributed by atoms with van der Waals surface area (Å²) in [5.74, 6) is -0.156. The van der Waals surface area contributed by atoms with Crippen molar-refractivity contribution in [3.8, 4) is 0 Å². The number of carbonyl (C=O) groups is 1. The molecule has 1 aromatic carbocycles. The molecule has 2 N–H and O–H groups in total. The molecule has 1 aromatic heterocycles. The standard InChI is InChI=1S/C14H16ClN3O/c1-9-4-10(6-12(15)5-9)13(19)18-14(2,3)11-7-16-17-8-11/h4-8H,1-3H3,(H,16,17)(H,18,19). The van der Waals surface area contributed by atoms with Gasteiger partial charge in [-0.2, -0.15) is 5.10 Å². The van der Waals surface area contributed by atoms with Crippen molar-refractivity contribution in [2.75, 3.05) is 0 Å². The molecule has 0 radical (unpaired) electrons. The molecule has 2 aromatic rings.